The highest BCUT2D eigenvalue weighted by molar-refractivity contribution is 6.30. The predicted octanol–water partition coefficient (Wildman–Crippen LogP) is 2.24. The Hall–Kier alpha value is -0.610. The molecule has 0 spiro atoms. The van der Waals surface area contributed by atoms with Gasteiger partial charge >= 0.3 is 0 Å². The summed E-state index contributed by atoms with van der Waals surface area (Å²) in [6.45, 7) is 5.90. The van der Waals surface area contributed by atoms with E-state index >= 15 is 0 Å². The zero-order valence-corrected chi connectivity index (χ0v) is 12.7. The molecular formula is C15H24ClN3. The van der Waals surface area contributed by atoms with Gasteiger partial charge < -0.3 is 15.1 Å². The van der Waals surface area contributed by atoms with E-state index in [2.05, 4.69) is 34.3 Å². The largest absolute Gasteiger partial charge is 0.313 e. The summed E-state index contributed by atoms with van der Waals surface area (Å²) >= 11 is 5.94. The quantitative estimate of drug-likeness (QED) is 0.893. The van der Waals surface area contributed by atoms with E-state index in [1.165, 1.54) is 31.7 Å². The summed E-state index contributed by atoms with van der Waals surface area (Å²) in [6.07, 6.45) is 1.14. The topological polar surface area (TPSA) is 18.5 Å². The summed E-state index contributed by atoms with van der Waals surface area (Å²) in [6, 6.07) is 8.59. The Kier molecular flexibility index (Phi) is 5.64. The molecule has 3 nitrogen and oxygen atoms in total. The summed E-state index contributed by atoms with van der Waals surface area (Å²) < 4.78 is 0. The number of nitrogens with zero attached hydrogens (tertiary/aromatic N) is 2. The van der Waals surface area contributed by atoms with Gasteiger partial charge in [0.05, 0.1) is 0 Å². The number of benzene rings is 1. The predicted molar refractivity (Wildman–Crippen MR) is 81.8 cm³/mol. The van der Waals surface area contributed by atoms with Crippen LogP contribution in [0, 0.1) is 0 Å². The van der Waals surface area contributed by atoms with Crippen molar-refractivity contribution in [2.75, 3.05) is 46.8 Å². The Morgan fingerprint density at radius 3 is 2.37 bits per heavy atom. The zero-order valence-electron chi connectivity index (χ0n) is 11.9. The molecule has 1 unspecified atom stereocenters. The zero-order chi connectivity index (χ0) is 13.7. The third-order valence-corrected chi connectivity index (χ3v) is 4.20. The molecule has 1 aliphatic rings. The van der Waals surface area contributed by atoms with E-state index in [1.807, 2.05) is 19.2 Å². The summed E-state index contributed by atoms with van der Waals surface area (Å²) in [5.74, 6) is 0. The highest BCUT2D eigenvalue weighted by Crippen LogP contribution is 2.19. The van der Waals surface area contributed by atoms with Crippen LogP contribution in [0.5, 0.6) is 0 Å². The van der Waals surface area contributed by atoms with Crippen molar-refractivity contribution < 1.29 is 0 Å². The molecule has 0 saturated carbocycles. The fourth-order valence-electron chi connectivity index (χ4n) is 2.56. The van der Waals surface area contributed by atoms with Gasteiger partial charge in [-0.2, -0.15) is 0 Å². The van der Waals surface area contributed by atoms with Crippen LogP contribution in [0.1, 0.15) is 18.0 Å². The average Bonchev–Trinajstić information content (AvgIpc) is 2.43. The molecule has 1 aromatic rings. The summed E-state index contributed by atoms with van der Waals surface area (Å²) in [4.78, 5) is 4.95. The summed E-state index contributed by atoms with van der Waals surface area (Å²) in [5.41, 5.74) is 1.32. The van der Waals surface area contributed by atoms with Crippen molar-refractivity contribution in [3.05, 3.63) is 34.9 Å². The molecule has 4 heteroatoms. The second-order valence-electron chi connectivity index (χ2n) is 5.33. The normalized spacial score (nSPS) is 19.5. The second-order valence-corrected chi connectivity index (χ2v) is 5.76. The van der Waals surface area contributed by atoms with Crippen LogP contribution in [-0.2, 0) is 0 Å². The maximum Gasteiger partial charge on any atom is 0.0406 e. The average molecular weight is 282 g/mol. The van der Waals surface area contributed by atoms with E-state index in [1.54, 1.807) is 0 Å². The lowest BCUT2D eigenvalue weighted by Gasteiger charge is -2.33. The van der Waals surface area contributed by atoms with Crippen molar-refractivity contribution in [1.29, 1.82) is 0 Å². The SMILES string of the molecule is CNC(CCN1CCN(C)CC1)c1ccc(Cl)cc1. The lowest BCUT2D eigenvalue weighted by molar-refractivity contribution is 0.149. The van der Waals surface area contributed by atoms with Crippen LogP contribution in [0.25, 0.3) is 0 Å². The van der Waals surface area contributed by atoms with E-state index in [0.717, 1.165) is 18.0 Å². The molecule has 1 aromatic carbocycles. The molecule has 0 bridgehead atoms. The lowest BCUT2D eigenvalue weighted by atomic mass is 10.0. The van der Waals surface area contributed by atoms with Crippen molar-refractivity contribution in [3.63, 3.8) is 0 Å². The fraction of sp³-hybridized carbons (Fsp3) is 0.600. The van der Waals surface area contributed by atoms with Crippen molar-refractivity contribution in [1.82, 2.24) is 15.1 Å². The summed E-state index contributed by atoms with van der Waals surface area (Å²) in [7, 11) is 4.23. The third-order valence-electron chi connectivity index (χ3n) is 3.95. The fourth-order valence-corrected chi connectivity index (χ4v) is 2.68. The minimum atomic E-state index is 0.414. The highest BCUT2D eigenvalue weighted by Gasteiger charge is 2.16. The maximum atomic E-state index is 5.94. The van der Waals surface area contributed by atoms with E-state index in [0.29, 0.717) is 6.04 Å². The first-order valence-electron chi connectivity index (χ1n) is 7.02. The molecule has 1 atom stereocenters. The van der Waals surface area contributed by atoms with Crippen LogP contribution in [0.2, 0.25) is 5.02 Å². The van der Waals surface area contributed by atoms with Gasteiger partial charge in [-0.05, 0) is 38.2 Å². The Bertz CT molecular complexity index is 371. The molecule has 0 radical (unpaired) electrons. The Balaban J connectivity index is 1.84. The Morgan fingerprint density at radius 1 is 1.16 bits per heavy atom. The standard InChI is InChI=1S/C15H24ClN3/c1-17-15(13-3-5-14(16)6-4-13)7-8-19-11-9-18(2)10-12-19/h3-6,15,17H,7-12H2,1-2H3. The maximum absolute atomic E-state index is 5.94. The molecule has 0 aliphatic carbocycles. The van der Waals surface area contributed by atoms with E-state index < -0.39 is 0 Å². The number of rotatable bonds is 5. The molecule has 2 rings (SSSR count). The molecule has 0 amide bonds. The van der Waals surface area contributed by atoms with Gasteiger partial charge in [0.25, 0.3) is 0 Å². The molecule has 106 valence electrons. The molecule has 1 saturated heterocycles. The van der Waals surface area contributed by atoms with Crippen LogP contribution < -0.4 is 5.32 Å². The smallest absolute Gasteiger partial charge is 0.0406 e. The van der Waals surface area contributed by atoms with Gasteiger partial charge in [0, 0.05) is 43.8 Å². The number of piperazine rings is 1. The first kappa shape index (κ1) is 14.8. The first-order chi connectivity index (χ1) is 9.19. The number of hydrogen-bond donors (Lipinski definition) is 1. The van der Waals surface area contributed by atoms with Gasteiger partial charge in [0.2, 0.25) is 0 Å². The lowest BCUT2D eigenvalue weighted by Crippen LogP contribution is -2.45. The molecule has 1 fully saturated rings. The molecule has 1 aliphatic heterocycles. The van der Waals surface area contributed by atoms with Gasteiger partial charge in [-0.25, -0.2) is 0 Å². The van der Waals surface area contributed by atoms with Crippen molar-refractivity contribution in [2.24, 2.45) is 0 Å². The summed E-state index contributed by atoms with van der Waals surface area (Å²) in [5, 5.41) is 4.21. The van der Waals surface area contributed by atoms with E-state index in [4.69, 9.17) is 11.6 Å². The number of halogens is 1. The second kappa shape index (κ2) is 7.25. The van der Waals surface area contributed by atoms with Crippen molar-refractivity contribution >= 4 is 11.6 Å². The number of nitrogens with one attached hydrogen (secondary N) is 1. The van der Waals surface area contributed by atoms with Crippen molar-refractivity contribution in [3.8, 4) is 0 Å². The number of likely N-dealkylation sites (N-methyl/N-ethyl adjacent to an activating group) is 1. The first-order valence-corrected chi connectivity index (χ1v) is 7.40. The molecule has 0 aromatic heterocycles. The number of hydrogen-bond acceptors (Lipinski definition) is 3. The highest BCUT2D eigenvalue weighted by atomic mass is 35.5. The van der Waals surface area contributed by atoms with Crippen LogP contribution >= 0.6 is 11.6 Å². The van der Waals surface area contributed by atoms with Gasteiger partial charge in [-0.1, -0.05) is 23.7 Å². The minimum absolute atomic E-state index is 0.414. The Labute approximate surface area is 121 Å². The minimum Gasteiger partial charge on any atom is -0.313 e. The molecular weight excluding hydrogens is 258 g/mol. The van der Waals surface area contributed by atoms with Gasteiger partial charge in [-0.3, -0.25) is 0 Å². The van der Waals surface area contributed by atoms with Crippen LogP contribution in [0.4, 0.5) is 0 Å². The van der Waals surface area contributed by atoms with Gasteiger partial charge in [-0.15, -0.1) is 0 Å². The van der Waals surface area contributed by atoms with Crippen LogP contribution in [0.3, 0.4) is 0 Å². The Morgan fingerprint density at radius 2 is 1.79 bits per heavy atom. The van der Waals surface area contributed by atoms with Crippen molar-refractivity contribution in [2.45, 2.75) is 12.5 Å². The van der Waals surface area contributed by atoms with Crippen LogP contribution in [-0.4, -0.2) is 56.6 Å². The molecule has 19 heavy (non-hydrogen) atoms. The third kappa shape index (κ3) is 4.46. The van der Waals surface area contributed by atoms with Gasteiger partial charge in [0.1, 0.15) is 0 Å². The van der Waals surface area contributed by atoms with Gasteiger partial charge in [0.15, 0.2) is 0 Å². The van der Waals surface area contributed by atoms with Crippen LogP contribution in [0.15, 0.2) is 24.3 Å². The molecule has 1 N–H and O–H groups in total. The van der Waals surface area contributed by atoms with E-state index in [-0.39, 0.29) is 0 Å². The monoisotopic (exact) mass is 281 g/mol. The molecule has 1 heterocycles. The van der Waals surface area contributed by atoms with E-state index in [9.17, 15) is 0 Å².